The van der Waals surface area contributed by atoms with E-state index in [1.54, 1.807) is 6.07 Å². The number of hydrogen-bond donors (Lipinski definition) is 1. The Morgan fingerprint density at radius 1 is 1.22 bits per heavy atom. The Morgan fingerprint density at radius 2 is 2.04 bits per heavy atom. The van der Waals surface area contributed by atoms with E-state index in [9.17, 15) is 4.39 Å². The van der Waals surface area contributed by atoms with Gasteiger partial charge >= 0.3 is 0 Å². The third-order valence-corrected chi connectivity index (χ3v) is 4.22. The average molecular weight is 329 g/mol. The van der Waals surface area contributed by atoms with Crippen LogP contribution in [0.3, 0.4) is 0 Å². The Labute approximate surface area is 138 Å². The molecule has 118 valence electrons. The largest absolute Gasteiger partial charge is 0.378 e. The Balaban J connectivity index is 1.70. The number of halogens is 1. The summed E-state index contributed by atoms with van der Waals surface area (Å²) in [4.78, 5) is 5.00. The summed E-state index contributed by atoms with van der Waals surface area (Å²) in [5.41, 5.74) is 2.68. The molecule has 0 amide bonds. The van der Waals surface area contributed by atoms with E-state index in [0.717, 1.165) is 11.1 Å². The second-order valence-corrected chi connectivity index (χ2v) is 5.88. The smallest absolute Gasteiger partial charge is 0.258 e. The van der Waals surface area contributed by atoms with E-state index in [0.29, 0.717) is 28.8 Å². The normalized spacial score (nSPS) is 10.7. The van der Waals surface area contributed by atoms with E-state index in [1.165, 1.54) is 17.8 Å². The number of anilines is 1. The van der Waals surface area contributed by atoms with Crippen LogP contribution < -0.4 is 5.32 Å². The summed E-state index contributed by atoms with van der Waals surface area (Å²) in [5, 5.41) is 7.06. The first-order valence-electron chi connectivity index (χ1n) is 7.13. The highest BCUT2D eigenvalue weighted by molar-refractivity contribution is 7.98. The highest BCUT2D eigenvalue weighted by atomic mass is 32.2. The van der Waals surface area contributed by atoms with Crippen LogP contribution in [0.5, 0.6) is 0 Å². The van der Waals surface area contributed by atoms with Gasteiger partial charge < -0.3 is 9.84 Å². The number of hydrogen-bond acceptors (Lipinski definition) is 5. The van der Waals surface area contributed by atoms with E-state index in [2.05, 4.69) is 15.5 Å². The molecule has 23 heavy (non-hydrogen) atoms. The van der Waals surface area contributed by atoms with Gasteiger partial charge in [-0.05, 0) is 43.0 Å². The maximum absolute atomic E-state index is 13.7. The quantitative estimate of drug-likeness (QED) is 0.698. The van der Waals surface area contributed by atoms with Gasteiger partial charge in [0.05, 0.1) is 6.54 Å². The first-order chi connectivity index (χ1) is 11.2. The van der Waals surface area contributed by atoms with Gasteiger partial charge in [0.25, 0.3) is 5.89 Å². The van der Waals surface area contributed by atoms with Gasteiger partial charge in [-0.15, -0.1) is 11.8 Å². The topological polar surface area (TPSA) is 51.0 Å². The van der Waals surface area contributed by atoms with Crippen LogP contribution in [-0.2, 0) is 6.54 Å². The zero-order chi connectivity index (χ0) is 16.2. The molecule has 0 aliphatic rings. The summed E-state index contributed by atoms with van der Waals surface area (Å²) >= 11 is 1.38. The molecule has 1 aromatic heterocycles. The summed E-state index contributed by atoms with van der Waals surface area (Å²) in [5.74, 6) is 0.776. The highest BCUT2D eigenvalue weighted by Gasteiger charge is 2.10. The van der Waals surface area contributed by atoms with Crippen molar-refractivity contribution in [3.8, 4) is 11.5 Å². The third kappa shape index (κ3) is 3.53. The highest BCUT2D eigenvalue weighted by Crippen LogP contribution is 2.23. The predicted octanol–water partition coefficient (Wildman–Crippen LogP) is 4.52. The van der Waals surface area contributed by atoms with Crippen LogP contribution in [0, 0.1) is 12.7 Å². The first kappa shape index (κ1) is 15.6. The lowest BCUT2D eigenvalue weighted by atomic mass is 10.1. The molecule has 0 spiro atoms. The van der Waals surface area contributed by atoms with E-state index >= 15 is 0 Å². The number of nitrogens with zero attached hydrogens (tertiary/aromatic N) is 2. The molecule has 0 aliphatic carbocycles. The van der Waals surface area contributed by atoms with Gasteiger partial charge in [0, 0.05) is 16.1 Å². The van der Waals surface area contributed by atoms with Crippen molar-refractivity contribution in [2.75, 3.05) is 11.6 Å². The number of aryl methyl sites for hydroxylation is 1. The van der Waals surface area contributed by atoms with E-state index in [-0.39, 0.29) is 5.82 Å². The van der Waals surface area contributed by atoms with Crippen molar-refractivity contribution in [3.63, 3.8) is 0 Å². The van der Waals surface area contributed by atoms with Crippen molar-refractivity contribution < 1.29 is 8.91 Å². The van der Waals surface area contributed by atoms with Gasteiger partial charge in [-0.2, -0.15) is 4.98 Å². The van der Waals surface area contributed by atoms with Gasteiger partial charge in [0.1, 0.15) is 5.82 Å². The van der Waals surface area contributed by atoms with Gasteiger partial charge in [-0.25, -0.2) is 4.39 Å². The fraction of sp³-hybridized carbons (Fsp3) is 0.176. The van der Waals surface area contributed by atoms with Crippen LogP contribution in [0.1, 0.15) is 11.4 Å². The molecule has 2 aromatic carbocycles. The number of rotatable bonds is 5. The number of aromatic nitrogens is 2. The maximum atomic E-state index is 13.7. The SMILES string of the molecule is CSc1ccc(NCc2noc(-c3ccccc3C)n2)cc1F. The second kappa shape index (κ2) is 6.83. The van der Waals surface area contributed by atoms with Crippen LogP contribution in [0.4, 0.5) is 10.1 Å². The van der Waals surface area contributed by atoms with Gasteiger partial charge in [0.15, 0.2) is 5.82 Å². The number of thioether (sulfide) groups is 1. The molecule has 6 heteroatoms. The zero-order valence-electron chi connectivity index (χ0n) is 12.8. The van der Waals surface area contributed by atoms with Crippen LogP contribution in [0.25, 0.3) is 11.5 Å². The Bertz CT molecular complexity index is 819. The summed E-state index contributed by atoms with van der Waals surface area (Å²) in [6.45, 7) is 2.36. The first-order valence-corrected chi connectivity index (χ1v) is 8.36. The van der Waals surface area contributed by atoms with Crippen LogP contribution >= 0.6 is 11.8 Å². The molecule has 0 radical (unpaired) electrons. The van der Waals surface area contributed by atoms with Crippen LogP contribution in [0.2, 0.25) is 0 Å². The monoisotopic (exact) mass is 329 g/mol. The van der Waals surface area contributed by atoms with E-state index in [1.807, 2.05) is 43.5 Å². The third-order valence-electron chi connectivity index (χ3n) is 3.45. The molecule has 3 rings (SSSR count). The van der Waals surface area contributed by atoms with Gasteiger partial charge in [-0.3, -0.25) is 0 Å². The number of nitrogens with one attached hydrogen (secondary N) is 1. The van der Waals surface area contributed by atoms with Crippen molar-refractivity contribution in [1.82, 2.24) is 10.1 Å². The summed E-state index contributed by atoms with van der Waals surface area (Å²) in [7, 11) is 0. The molecule has 1 N–H and O–H groups in total. The standard InChI is InChI=1S/C17H16FN3OS/c1-11-5-3-4-6-13(11)17-20-16(21-22-17)10-19-12-7-8-15(23-2)14(18)9-12/h3-9,19H,10H2,1-2H3. The summed E-state index contributed by atoms with van der Waals surface area (Å²) in [6, 6.07) is 12.9. The van der Waals surface area contributed by atoms with E-state index < -0.39 is 0 Å². The maximum Gasteiger partial charge on any atom is 0.258 e. The molecule has 0 atom stereocenters. The minimum absolute atomic E-state index is 0.240. The number of benzene rings is 2. The molecule has 0 saturated carbocycles. The molecule has 4 nitrogen and oxygen atoms in total. The lowest BCUT2D eigenvalue weighted by Crippen LogP contribution is -2.01. The van der Waals surface area contributed by atoms with Gasteiger partial charge in [-0.1, -0.05) is 23.4 Å². The molecule has 0 bridgehead atoms. The second-order valence-electron chi connectivity index (χ2n) is 5.03. The fourth-order valence-electron chi connectivity index (χ4n) is 2.21. The molecule has 3 aromatic rings. The molecular formula is C17H16FN3OS. The lowest BCUT2D eigenvalue weighted by molar-refractivity contribution is 0.423. The molecule has 0 fully saturated rings. The summed E-state index contributed by atoms with van der Waals surface area (Å²) in [6.07, 6.45) is 1.85. The predicted molar refractivity (Wildman–Crippen MR) is 90.0 cm³/mol. The Morgan fingerprint density at radius 3 is 2.78 bits per heavy atom. The van der Waals surface area contributed by atoms with Crippen LogP contribution in [0.15, 0.2) is 51.9 Å². The molecule has 0 unspecified atom stereocenters. The van der Waals surface area contributed by atoms with Crippen molar-refractivity contribution in [2.45, 2.75) is 18.4 Å². The van der Waals surface area contributed by atoms with Crippen molar-refractivity contribution in [2.24, 2.45) is 0 Å². The average Bonchev–Trinajstić information content (AvgIpc) is 3.02. The molecular weight excluding hydrogens is 313 g/mol. The summed E-state index contributed by atoms with van der Waals surface area (Å²) < 4.78 is 19.0. The molecule has 1 heterocycles. The minimum atomic E-state index is -0.240. The van der Waals surface area contributed by atoms with Crippen LogP contribution in [-0.4, -0.2) is 16.4 Å². The molecule has 0 aliphatic heterocycles. The zero-order valence-corrected chi connectivity index (χ0v) is 13.7. The molecule has 0 saturated heterocycles. The lowest BCUT2D eigenvalue weighted by Gasteiger charge is -2.05. The fourth-order valence-corrected chi connectivity index (χ4v) is 2.66. The van der Waals surface area contributed by atoms with Crippen molar-refractivity contribution in [3.05, 3.63) is 59.7 Å². The van der Waals surface area contributed by atoms with Gasteiger partial charge in [0.2, 0.25) is 0 Å². The van der Waals surface area contributed by atoms with Crippen molar-refractivity contribution in [1.29, 1.82) is 0 Å². The van der Waals surface area contributed by atoms with Crippen molar-refractivity contribution >= 4 is 17.4 Å². The Hall–Kier alpha value is -2.34. The van der Waals surface area contributed by atoms with E-state index in [4.69, 9.17) is 4.52 Å². The Kier molecular flexibility index (Phi) is 4.62. The minimum Gasteiger partial charge on any atom is -0.378 e.